The molecule has 1 aromatic carbocycles. The number of aromatic nitrogens is 1. The summed E-state index contributed by atoms with van der Waals surface area (Å²) in [5.74, 6) is -0.493. The molecule has 1 fully saturated rings. The van der Waals surface area contributed by atoms with Gasteiger partial charge in [0.05, 0.1) is 17.4 Å². The summed E-state index contributed by atoms with van der Waals surface area (Å²) in [4.78, 5) is 14.7. The van der Waals surface area contributed by atoms with Crippen LogP contribution in [0.3, 0.4) is 0 Å². The SMILES string of the molecule is CN(CCS(C)(=O)=O)Cc1c(C(=O)N[C@@H]2CCC[C@H](O)C2)noc1-c1ccc(C(F)(F)F)cc1. The van der Waals surface area contributed by atoms with Gasteiger partial charge < -0.3 is 19.8 Å². The van der Waals surface area contributed by atoms with Crippen LogP contribution in [0.25, 0.3) is 11.3 Å². The van der Waals surface area contributed by atoms with Crippen molar-refractivity contribution in [2.45, 2.75) is 50.6 Å². The first-order valence-electron chi connectivity index (χ1n) is 10.8. The molecular formula is C22H28F3N3O5S. The summed E-state index contributed by atoms with van der Waals surface area (Å²) in [6, 6.07) is 4.07. The number of aliphatic hydroxyl groups excluding tert-OH is 1. The van der Waals surface area contributed by atoms with Crippen LogP contribution < -0.4 is 5.32 Å². The molecule has 1 aromatic heterocycles. The molecule has 3 rings (SSSR count). The summed E-state index contributed by atoms with van der Waals surface area (Å²) in [6.07, 6.45) is -1.32. The monoisotopic (exact) mass is 503 g/mol. The molecule has 188 valence electrons. The van der Waals surface area contributed by atoms with Crippen LogP contribution in [-0.4, -0.2) is 67.2 Å². The Kier molecular flexibility index (Phi) is 8.04. The maximum Gasteiger partial charge on any atom is 0.416 e. The number of carbonyl (C=O) groups excluding carboxylic acids is 1. The third kappa shape index (κ3) is 7.03. The molecule has 0 aliphatic heterocycles. The molecule has 1 saturated carbocycles. The first-order chi connectivity index (χ1) is 15.8. The van der Waals surface area contributed by atoms with Crippen LogP contribution in [0.4, 0.5) is 13.2 Å². The molecule has 0 radical (unpaired) electrons. The highest BCUT2D eigenvalue weighted by atomic mass is 32.2. The highest BCUT2D eigenvalue weighted by Gasteiger charge is 2.31. The zero-order valence-corrected chi connectivity index (χ0v) is 19.7. The van der Waals surface area contributed by atoms with Gasteiger partial charge in [0.1, 0.15) is 9.84 Å². The quantitative estimate of drug-likeness (QED) is 0.570. The fourth-order valence-corrected chi connectivity index (χ4v) is 4.53. The molecule has 1 heterocycles. The van der Waals surface area contributed by atoms with Gasteiger partial charge in [-0.15, -0.1) is 0 Å². The van der Waals surface area contributed by atoms with Crippen molar-refractivity contribution in [3.8, 4) is 11.3 Å². The predicted molar refractivity (Wildman–Crippen MR) is 119 cm³/mol. The first-order valence-corrected chi connectivity index (χ1v) is 12.9. The van der Waals surface area contributed by atoms with Crippen LogP contribution >= 0.6 is 0 Å². The van der Waals surface area contributed by atoms with Gasteiger partial charge in [0, 0.05) is 36.5 Å². The second-order valence-corrected chi connectivity index (χ2v) is 11.0. The van der Waals surface area contributed by atoms with E-state index in [1.54, 1.807) is 11.9 Å². The van der Waals surface area contributed by atoms with Gasteiger partial charge in [0.25, 0.3) is 5.91 Å². The smallest absolute Gasteiger partial charge is 0.393 e. The van der Waals surface area contributed by atoms with E-state index >= 15 is 0 Å². The van der Waals surface area contributed by atoms with Crippen LogP contribution in [0.1, 0.15) is 47.3 Å². The van der Waals surface area contributed by atoms with Crippen molar-refractivity contribution < 1.29 is 36.0 Å². The van der Waals surface area contributed by atoms with Gasteiger partial charge in [0.2, 0.25) is 0 Å². The Morgan fingerprint density at radius 1 is 1.26 bits per heavy atom. The lowest BCUT2D eigenvalue weighted by Crippen LogP contribution is -2.40. The molecular weight excluding hydrogens is 475 g/mol. The Morgan fingerprint density at radius 3 is 2.53 bits per heavy atom. The standard InChI is InChI=1S/C22H28F3N3O5S/c1-28(10-11-34(2,31)32)13-18-19(21(30)26-16-4-3-5-17(29)12-16)27-33-20(18)14-6-8-15(9-7-14)22(23,24)25/h6-9,16-17,29H,3-5,10-13H2,1-2H3,(H,26,30)/t16-,17+/m1/s1. The molecule has 1 amide bonds. The third-order valence-electron chi connectivity index (χ3n) is 5.73. The minimum absolute atomic E-state index is 0.0267. The molecule has 12 heteroatoms. The maximum absolute atomic E-state index is 13.0. The van der Waals surface area contributed by atoms with Gasteiger partial charge in [-0.25, -0.2) is 8.42 Å². The Hall–Kier alpha value is -2.44. The Morgan fingerprint density at radius 2 is 1.94 bits per heavy atom. The second-order valence-electron chi connectivity index (χ2n) is 8.77. The summed E-state index contributed by atoms with van der Waals surface area (Å²) < 4.78 is 67.3. The molecule has 2 N–H and O–H groups in total. The van der Waals surface area contributed by atoms with Gasteiger partial charge in [-0.3, -0.25) is 4.79 Å². The Balaban J connectivity index is 1.89. The summed E-state index contributed by atoms with van der Waals surface area (Å²) in [5, 5.41) is 16.6. The van der Waals surface area contributed by atoms with Crippen LogP contribution in [0.2, 0.25) is 0 Å². The summed E-state index contributed by atoms with van der Waals surface area (Å²) in [5.41, 5.74) is -0.207. The maximum atomic E-state index is 13.0. The van der Waals surface area contributed by atoms with Crippen molar-refractivity contribution >= 4 is 15.7 Å². The number of hydrogen-bond acceptors (Lipinski definition) is 7. The molecule has 1 aliphatic carbocycles. The van der Waals surface area contributed by atoms with Crippen LogP contribution in [0, 0.1) is 0 Å². The molecule has 34 heavy (non-hydrogen) atoms. The van der Waals surface area contributed by atoms with Crippen LogP contribution in [0.5, 0.6) is 0 Å². The van der Waals surface area contributed by atoms with Crippen molar-refractivity contribution in [3.63, 3.8) is 0 Å². The number of benzene rings is 1. The van der Waals surface area contributed by atoms with Crippen LogP contribution in [-0.2, 0) is 22.6 Å². The molecule has 0 bridgehead atoms. The minimum atomic E-state index is -4.50. The number of amides is 1. The molecule has 8 nitrogen and oxygen atoms in total. The number of halogens is 3. The van der Waals surface area contributed by atoms with E-state index < -0.39 is 33.6 Å². The van der Waals surface area contributed by atoms with E-state index in [-0.39, 0.29) is 36.3 Å². The fraction of sp³-hybridized carbons (Fsp3) is 0.545. The molecule has 2 aromatic rings. The largest absolute Gasteiger partial charge is 0.416 e. The second kappa shape index (κ2) is 10.4. The Labute approximate surface area is 196 Å². The molecule has 0 unspecified atom stereocenters. The number of aliphatic hydroxyl groups is 1. The van der Waals surface area contributed by atoms with E-state index in [0.29, 0.717) is 30.4 Å². The predicted octanol–water partition coefficient (Wildman–Crippen LogP) is 2.87. The van der Waals surface area contributed by atoms with E-state index in [4.69, 9.17) is 4.52 Å². The zero-order chi connectivity index (χ0) is 25.1. The number of sulfone groups is 1. The molecule has 0 spiro atoms. The zero-order valence-electron chi connectivity index (χ0n) is 18.9. The van der Waals surface area contributed by atoms with E-state index in [1.165, 1.54) is 12.1 Å². The van der Waals surface area contributed by atoms with Crippen molar-refractivity contribution in [2.24, 2.45) is 0 Å². The topological polar surface area (TPSA) is 113 Å². The summed E-state index contributed by atoms with van der Waals surface area (Å²) >= 11 is 0. The number of hydrogen-bond donors (Lipinski definition) is 2. The highest BCUT2D eigenvalue weighted by molar-refractivity contribution is 7.90. The number of alkyl halides is 3. The average molecular weight is 504 g/mol. The minimum Gasteiger partial charge on any atom is -0.393 e. The normalized spacial score (nSPS) is 19.4. The van der Waals surface area contributed by atoms with E-state index in [9.17, 15) is 31.5 Å². The lowest BCUT2D eigenvalue weighted by molar-refractivity contribution is -0.137. The number of rotatable bonds is 8. The Bertz CT molecular complexity index is 1100. The third-order valence-corrected chi connectivity index (χ3v) is 6.66. The van der Waals surface area contributed by atoms with Crippen molar-refractivity contribution in [1.82, 2.24) is 15.4 Å². The number of nitrogens with one attached hydrogen (secondary N) is 1. The van der Waals surface area contributed by atoms with E-state index in [1.807, 2.05) is 0 Å². The van der Waals surface area contributed by atoms with E-state index in [2.05, 4.69) is 10.5 Å². The van der Waals surface area contributed by atoms with E-state index in [0.717, 1.165) is 24.8 Å². The first kappa shape index (κ1) is 26.2. The summed E-state index contributed by atoms with van der Waals surface area (Å²) in [6.45, 7) is 0.262. The van der Waals surface area contributed by atoms with Gasteiger partial charge in [-0.05, 0) is 44.9 Å². The van der Waals surface area contributed by atoms with Gasteiger partial charge in [-0.2, -0.15) is 13.2 Å². The highest BCUT2D eigenvalue weighted by Crippen LogP contribution is 2.33. The van der Waals surface area contributed by atoms with Gasteiger partial charge >= 0.3 is 6.18 Å². The molecule has 0 saturated heterocycles. The lowest BCUT2D eigenvalue weighted by Gasteiger charge is -2.26. The number of nitrogens with zero attached hydrogens (tertiary/aromatic N) is 2. The molecule has 2 atom stereocenters. The van der Waals surface area contributed by atoms with Crippen molar-refractivity contribution in [1.29, 1.82) is 0 Å². The van der Waals surface area contributed by atoms with Gasteiger partial charge in [-0.1, -0.05) is 17.3 Å². The van der Waals surface area contributed by atoms with Crippen LogP contribution in [0.15, 0.2) is 28.8 Å². The fourth-order valence-electron chi connectivity index (χ4n) is 3.89. The number of carbonyl (C=O) groups is 1. The molecule has 1 aliphatic rings. The lowest BCUT2D eigenvalue weighted by atomic mass is 9.93. The van der Waals surface area contributed by atoms with Crippen molar-refractivity contribution in [3.05, 3.63) is 41.1 Å². The van der Waals surface area contributed by atoms with Gasteiger partial charge in [0.15, 0.2) is 11.5 Å². The summed E-state index contributed by atoms with van der Waals surface area (Å²) in [7, 11) is -1.56. The average Bonchev–Trinajstić information content (AvgIpc) is 3.15. The van der Waals surface area contributed by atoms with Crippen molar-refractivity contribution in [2.75, 3.05) is 25.6 Å².